The molecule has 1 atom stereocenters. The average Bonchev–Trinajstić information content (AvgIpc) is 2.95. The lowest BCUT2D eigenvalue weighted by Crippen LogP contribution is -2.34. The predicted octanol–water partition coefficient (Wildman–Crippen LogP) is 7.30. The van der Waals surface area contributed by atoms with Crippen LogP contribution in [0, 0.1) is 0 Å². The molecule has 224 valence electrons. The van der Waals surface area contributed by atoms with Crippen molar-refractivity contribution in [2.75, 3.05) is 26.9 Å². The van der Waals surface area contributed by atoms with E-state index in [1.807, 2.05) is 35.2 Å². The van der Waals surface area contributed by atoms with Gasteiger partial charge in [0.05, 0.1) is 13.0 Å². The van der Waals surface area contributed by atoms with Gasteiger partial charge in [0.1, 0.15) is 13.2 Å². The van der Waals surface area contributed by atoms with Gasteiger partial charge < -0.3 is 19.5 Å². The third-order valence-corrected chi connectivity index (χ3v) is 6.93. The number of pyridine rings is 1. The molecule has 0 saturated carbocycles. The number of hydrogen-bond acceptors (Lipinski definition) is 5. The SMILES string of the molecule is CCCCCCCCCCCCCCCCCCOC[C@@H](COC(=O)CCC[n+]1ccccc1)OC(=O)NC. The molecule has 39 heavy (non-hydrogen) atoms. The van der Waals surface area contributed by atoms with E-state index in [0.29, 0.717) is 19.4 Å². The molecule has 1 heterocycles. The van der Waals surface area contributed by atoms with Crippen LogP contribution >= 0.6 is 0 Å². The minimum Gasteiger partial charge on any atom is -0.462 e. The Morgan fingerprint density at radius 2 is 1.26 bits per heavy atom. The number of aryl methyl sites for hydroxylation is 1. The summed E-state index contributed by atoms with van der Waals surface area (Å²) in [6, 6.07) is 5.87. The first-order valence-corrected chi connectivity index (χ1v) is 15.7. The Balaban J connectivity index is 1.99. The minimum absolute atomic E-state index is 0.00366. The molecule has 1 rings (SSSR count). The Labute approximate surface area is 238 Å². The van der Waals surface area contributed by atoms with Crippen molar-refractivity contribution in [2.24, 2.45) is 0 Å². The molecule has 1 aromatic heterocycles. The van der Waals surface area contributed by atoms with E-state index in [1.54, 1.807) is 0 Å². The first-order chi connectivity index (χ1) is 19.2. The molecule has 0 radical (unpaired) electrons. The average molecular weight is 550 g/mol. The smallest absolute Gasteiger partial charge is 0.407 e. The lowest BCUT2D eigenvalue weighted by molar-refractivity contribution is -0.697. The number of ether oxygens (including phenoxy) is 3. The Bertz CT molecular complexity index is 701. The van der Waals surface area contributed by atoms with Gasteiger partial charge >= 0.3 is 12.1 Å². The van der Waals surface area contributed by atoms with Gasteiger partial charge in [0, 0.05) is 32.2 Å². The molecule has 7 nitrogen and oxygen atoms in total. The number of carbonyl (C=O) groups excluding carboxylic acids is 2. The van der Waals surface area contributed by atoms with Crippen LogP contribution in [0.2, 0.25) is 0 Å². The number of aromatic nitrogens is 1. The van der Waals surface area contributed by atoms with Crippen LogP contribution < -0.4 is 9.88 Å². The fourth-order valence-corrected chi connectivity index (χ4v) is 4.54. The van der Waals surface area contributed by atoms with Gasteiger partial charge in [-0.25, -0.2) is 9.36 Å². The van der Waals surface area contributed by atoms with Gasteiger partial charge in [0.15, 0.2) is 18.5 Å². The molecule has 0 saturated heterocycles. The van der Waals surface area contributed by atoms with Crippen molar-refractivity contribution in [3.8, 4) is 0 Å². The van der Waals surface area contributed by atoms with Gasteiger partial charge in [-0.2, -0.15) is 0 Å². The van der Waals surface area contributed by atoms with E-state index in [1.165, 1.54) is 96.9 Å². The highest BCUT2D eigenvalue weighted by Gasteiger charge is 2.17. The fourth-order valence-electron chi connectivity index (χ4n) is 4.54. The molecule has 0 bridgehead atoms. The minimum atomic E-state index is -0.613. The molecule has 0 fully saturated rings. The number of carbonyl (C=O) groups is 2. The maximum Gasteiger partial charge on any atom is 0.407 e. The monoisotopic (exact) mass is 549 g/mol. The summed E-state index contributed by atoms with van der Waals surface area (Å²) in [5, 5.41) is 2.44. The van der Waals surface area contributed by atoms with Crippen LogP contribution in [-0.4, -0.2) is 45.0 Å². The van der Waals surface area contributed by atoms with E-state index in [0.717, 1.165) is 19.4 Å². The van der Waals surface area contributed by atoms with Crippen LogP contribution in [0.25, 0.3) is 0 Å². The van der Waals surface area contributed by atoms with Gasteiger partial charge in [0.2, 0.25) is 0 Å². The molecule has 0 aliphatic carbocycles. The fraction of sp³-hybridized carbons (Fsp3) is 0.781. The highest BCUT2D eigenvalue weighted by atomic mass is 16.6. The standard InChI is InChI=1S/C32H56N2O5/c1-3-4-5-6-7-8-9-10-11-12-13-14-15-16-17-21-27-37-28-30(39-32(36)33-2)29-38-31(35)23-22-26-34-24-19-18-20-25-34/h18-20,24-25,30H,3-17,21-23,26-29H2,1-2H3/p+1/t30-/m0/s1. The third kappa shape index (κ3) is 22.4. The van der Waals surface area contributed by atoms with Gasteiger partial charge in [-0.15, -0.1) is 0 Å². The highest BCUT2D eigenvalue weighted by molar-refractivity contribution is 5.69. The molecular weight excluding hydrogens is 492 g/mol. The molecular formula is C32H57N2O5+. The highest BCUT2D eigenvalue weighted by Crippen LogP contribution is 2.13. The second kappa shape index (κ2) is 26.1. The molecule has 1 amide bonds. The number of unbranched alkanes of at least 4 members (excludes halogenated alkanes) is 15. The maximum atomic E-state index is 12.1. The van der Waals surface area contributed by atoms with Crippen LogP contribution in [0.5, 0.6) is 0 Å². The van der Waals surface area contributed by atoms with Crippen molar-refractivity contribution in [1.29, 1.82) is 0 Å². The second-order valence-corrected chi connectivity index (χ2v) is 10.6. The maximum absolute atomic E-state index is 12.1. The number of amides is 1. The quantitative estimate of drug-likeness (QED) is 0.0745. The van der Waals surface area contributed by atoms with E-state index in [9.17, 15) is 9.59 Å². The summed E-state index contributed by atoms with van der Waals surface area (Å²) in [7, 11) is 1.50. The van der Waals surface area contributed by atoms with Gasteiger partial charge in [0.25, 0.3) is 0 Å². The van der Waals surface area contributed by atoms with Gasteiger partial charge in [-0.3, -0.25) is 4.79 Å². The largest absolute Gasteiger partial charge is 0.462 e. The predicted molar refractivity (Wildman–Crippen MR) is 157 cm³/mol. The molecule has 1 aromatic rings. The molecule has 0 spiro atoms. The Morgan fingerprint density at radius 1 is 0.718 bits per heavy atom. The van der Waals surface area contributed by atoms with E-state index in [2.05, 4.69) is 12.2 Å². The van der Waals surface area contributed by atoms with E-state index in [-0.39, 0.29) is 19.2 Å². The molecule has 0 unspecified atom stereocenters. The summed E-state index contributed by atoms with van der Waals surface area (Å²) in [4.78, 5) is 23.8. The van der Waals surface area contributed by atoms with Crippen LogP contribution in [0.15, 0.2) is 30.6 Å². The van der Waals surface area contributed by atoms with Crippen molar-refractivity contribution in [2.45, 2.75) is 135 Å². The molecule has 0 aliphatic rings. The zero-order chi connectivity index (χ0) is 28.2. The van der Waals surface area contributed by atoms with Crippen molar-refractivity contribution in [1.82, 2.24) is 5.32 Å². The summed E-state index contributed by atoms with van der Waals surface area (Å²) < 4.78 is 18.4. The van der Waals surface area contributed by atoms with E-state index < -0.39 is 12.2 Å². The van der Waals surface area contributed by atoms with Crippen molar-refractivity contribution < 1.29 is 28.4 Å². The lowest BCUT2D eigenvalue weighted by atomic mass is 10.0. The lowest BCUT2D eigenvalue weighted by Gasteiger charge is -2.18. The Kier molecular flexibility index (Phi) is 23.3. The number of nitrogens with zero attached hydrogens (tertiary/aromatic N) is 1. The van der Waals surface area contributed by atoms with Crippen molar-refractivity contribution in [3.05, 3.63) is 30.6 Å². The summed E-state index contributed by atoms with van der Waals surface area (Å²) >= 11 is 0. The number of hydrogen-bond donors (Lipinski definition) is 1. The molecule has 0 aromatic carbocycles. The van der Waals surface area contributed by atoms with E-state index in [4.69, 9.17) is 14.2 Å². The van der Waals surface area contributed by atoms with Crippen LogP contribution in [0.4, 0.5) is 4.79 Å². The summed E-state index contributed by atoms with van der Waals surface area (Å²) in [5.41, 5.74) is 0. The van der Waals surface area contributed by atoms with Crippen LogP contribution in [0.1, 0.15) is 122 Å². The third-order valence-electron chi connectivity index (χ3n) is 6.93. The molecule has 1 N–H and O–H groups in total. The van der Waals surface area contributed by atoms with Crippen LogP contribution in [0.3, 0.4) is 0 Å². The number of alkyl carbamates (subject to hydrolysis) is 1. The summed E-state index contributed by atoms with van der Waals surface area (Å²) in [6.45, 7) is 3.87. The first kappa shape index (κ1) is 34.9. The molecule has 7 heteroatoms. The number of esters is 1. The van der Waals surface area contributed by atoms with Crippen molar-refractivity contribution in [3.63, 3.8) is 0 Å². The topological polar surface area (TPSA) is 77.7 Å². The van der Waals surface area contributed by atoms with Crippen LogP contribution in [-0.2, 0) is 25.5 Å². The number of nitrogens with one attached hydrogen (secondary N) is 1. The zero-order valence-corrected chi connectivity index (χ0v) is 25.0. The normalized spacial score (nSPS) is 11.7. The van der Waals surface area contributed by atoms with Gasteiger partial charge in [-0.1, -0.05) is 109 Å². The second-order valence-electron chi connectivity index (χ2n) is 10.6. The summed E-state index contributed by atoms with van der Waals surface area (Å²) in [5.74, 6) is -0.296. The van der Waals surface area contributed by atoms with Crippen molar-refractivity contribution >= 4 is 12.1 Å². The Hall–Kier alpha value is -2.15. The van der Waals surface area contributed by atoms with Gasteiger partial charge in [-0.05, 0) is 6.42 Å². The number of rotatable bonds is 26. The zero-order valence-electron chi connectivity index (χ0n) is 25.0. The first-order valence-electron chi connectivity index (χ1n) is 15.7. The summed E-state index contributed by atoms with van der Waals surface area (Å²) in [6.07, 6.45) is 25.1. The van der Waals surface area contributed by atoms with E-state index >= 15 is 0 Å². The molecule has 0 aliphatic heterocycles. The Morgan fingerprint density at radius 3 is 1.79 bits per heavy atom.